The Morgan fingerprint density at radius 3 is 2.44 bits per heavy atom. The Balaban J connectivity index is 1.51. The van der Waals surface area contributed by atoms with Crippen molar-refractivity contribution in [1.29, 1.82) is 0 Å². The highest BCUT2D eigenvalue weighted by atomic mass is 32.1. The van der Waals surface area contributed by atoms with Gasteiger partial charge in [-0.2, -0.15) is 0 Å². The molecule has 1 unspecified atom stereocenters. The van der Waals surface area contributed by atoms with Crippen molar-refractivity contribution in [3.8, 4) is 11.5 Å². The smallest absolute Gasteiger partial charge is 0.322 e. The van der Waals surface area contributed by atoms with E-state index in [0.717, 1.165) is 34.4 Å². The first-order valence-electron chi connectivity index (χ1n) is 14.0. The SMILES string of the molecule is COc1ccc(CCN(Cc2ccc(C)s2)C(=O)CN(CC2CCCO2)C(=O)Nc2ccc(C)c(C)c2)cc1OC. The molecule has 8 nitrogen and oxygen atoms in total. The Labute approximate surface area is 247 Å². The number of nitrogens with zero attached hydrogens (tertiary/aromatic N) is 2. The summed E-state index contributed by atoms with van der Waals surface area (Å²) in [4.78, 5) is 33.1. The van der Waals surface area contributed by atoms with E-state index in [1.807, 2.05) is 55.1 Å². The standard InChI is InChI=1S/C32H41N3O5S/c1-22-8-11-26(17-23(22)2)33-32(37)35(19-27-7-6-16-40-27)21-31(36)34(20-28-12-9-24(3)41-28)15-14-25-10-13-29(38-4)30(18-25)39-5/h8-13,17-18,27H,6-7,14-16,19-21H2,1-5H3,(H,33,37). The summed E-state index contributed by atoms with van der Waals surface area (Å²) in [6.45, 7) is 8.10. The van der Waals surface area contributed by atoms with Gasteiger partial charge >= 0.3 is 6.03 Å². The van der Waals surface area contributed by atoms with Gasteiger partial charge < -0.3 is 29.3 Å². The molecular formula is C32H41N3O5S. The monoisotopic (exact) mass is 579 g/mol. The predicted octanol–water partition coefficient (Wildman–Crippen LogP) is 5.97. The number of carbonyl (C=O) groups excluding carboxylic acids is 2. The first-order chi connectivity index (χ1) is 19.7. The Morgan fingerprint density at radius 1 is 0.976 bits per heavy atom. The second-order valence-electron chi connectivity index (χ2n) is 10.5. The highest BCUT2D eigenvalue weighted by Gasteiger charge is 2.27. The first kappa shape index (κ1) is 30.4. The van der Waals surface area contributed by atoms with E-state index in [0.29, 0.717) is 49.8 Å². The van der Waals surface area contributed by atoms with Crippen LogP contribution in [0.25, 0.3) is 0 Å². The van der Waals surface area contributed by atoms with Crippen LogP contribution in [0.1, 0.15) is 39.3 Å². The third-order valence-electron chi connectivity index (χ3n) is 7.43. The zero-order valence-electron chi connectivity index (χ0n) is 24.7. The normalized spacial score (nSPS) is 14.5. The zero-order chi connectivity index (χ0) is 29.4. The third-order valence-corrected chi connectivity index (χ3v) is 8.42. The number of nitrogens with one attached hydrogen (secondary N) is 1. The molecule has 4 rings (SSSR count). The number of rotatable bonds is 12. The fourth-order valence-electron chi connectivity index (χ4n) is 4.89. The van der Waals surface area contributed by atoms with E-state index in [2.05, 4.69) is 24.4 Å². The molecule has 1 saturated heterocycles. The second kappa shape index (κ2) is 14.4. The van der Waals surface area contributed by atoms with Crippen LogP contribution in [0.3, 0.4) is 0 Å². The zero-order valence-corrected chi connectivity index (χ0v) is 25.5. The maximum Gasteiger partial charge on any atom is 0.322 e. The summed E-state index contributed by atoms with van der Waals surface area (Å²) < 4.78 is 16.7. The van der Waals surface area contributed by atoms with Crippen LogP contribution in [-0.4, -0.2) is 68.3 Å². The lowest BCUT2D eigenvalue weighted by Gasteiger charge is -2.29. The number of methoxy groups -OCH3 is 2. The van der Waals surface area contributed by atoms with Gasteiger partial charge in [0.25, 0.3) is 0 Å². The van der Waals surface area contributed by atoms with E-state index >= 15 is 0 Å². The molecule has 0 spiro atoms. The molecule has 9 heteroatoms. The van der Waals surface area contributed by atoms with Crippen molar-refractivity contribution < 1.29 is 23.8 Å². The number of hydrogen-bond donors (Lipinski definition) is 1. The molecule has 0 saturated carbocycles. The molecule has 220 valence electrons. The first-order valence-corrected chi connectivity index (χ1v) is 14.9. The molecular weight excluding hydrogens is 538 g/mol. The summed E-state index contributed by atoms with van der Waals surface area (Å²) in [5.74, 6) is 1.21. The topological polar surface area (TPSA) is 80.3 Å². The van der Waals surface area contributed by atoms with E-state index in [-0.39, 0.29) is 24.6 Å². The molecule has 3 aromatic rings. The molecule has 0 radical (unpaired) electrons. The fourth-order valence-corrected chi connectivity index (χ4v) is 5.79. The Hall–Kier alpha value is -3.56. The summed E-state index contributed by atoms with van der Waals surface area (Å²) in [6.07, 6.45) is 2.39. The second-order valence-corrected chi connectivity index (χ2v) is 11.9. The van der Waals surface area contributed by atoms with Crippen molar-refractivity contribution in [1.82, 2.24) is 9.80 Å². The van der Waals surface area contributed by atoms with Crippen LogP contribution in [0.2, 0.25) is 0 Å². The minimum atomic E-state index is -0.302. The van der Waals surface area contributed by atoms with Crippen LogP contribution < -0.4 is 14.8 Å². The van der Waals surface area contributed by atoms with E-state index in [1.165, 1.54) is 4.88 Å². The maximum atomic E-state index is 13.9. The molecule has 1 atom stereocenters. The number of aryl methyl sites for hydroxylation is 3. The number of anilines is 1. The van der Waals surface area contributed by atoms with Crippen LogP contribution in [-0.2, 0) is 22.5 Å². The van der Waals surface area contributed by atoms with Gasteiger partial charge in [-0.1, -0.05) is 12.1 Å². The molecule has 0 aliphatic carbocycles. The van der Waals surface area contributed by atoms with Gasteiger partial charge in [-0.05, 0) is 93.1 Å². The number of hydrogen-bond acceptors (Lipinski definition) is 6. The van der Waals surface area contributed by atoms with Gasteiger partial charge in [0.05, 0.1) is 26.9 Å². The molecule has 2 heterocycles. The van der Waals surface area contributed by atoms with E-state index in [1.54, 1.807) is 30.5 Å². The van der Waals surface area contributed by atoms with Crippen LogP contribution in [0, 0.1) is 20.8 Å². The van der Waals surface area contributed by atoms with Gasteiger partial charge in [-0.25, -0.2) is 4.79 Å². The Kier molecular flexibility index (Phi) is 10.7. The number of benzene rings is 2. The van der Waals surface area contributed by atoms with Crippen molar-refractivity contribution in [3.63, 3.8) is 0 Å². The lowest BCUT2D eigenvalue weighted by atomic mass is 10.1. The largest absolute Gasteiger partial charge is 0.493 e. The molecule has 1 aliphatic rings. The van der Waals surface area contributed by atoms with Crippen molar-refractivity contribution >= 4 is 29.0 Å². The minimum absolute atomic E-state index is 0.0349. The van der Waals surface area contributed by atoms with Gasteiger partial charge in [0.2, 0.25) is 5.91 Å². The minimum Gasteiger partial charge on any atom is -0.493 e. The Bertz CT molecular complexity index is 1330. The van der Waals surface area contributed by atoms with E-state index < -0.39 is 0 Å². The highest BCUT2D eigenvalue weighted by molar-refractivity contribution is 7.11. The summed E-state index contributed by atoms with van der Waals surface area (Å²) in [5, 5.41) is 3.00. The Morgan fingerprint density at radius 2 is 1.78 bits per heavy atom. The summed E-state index contributed by atoms with van der Waals surface area (Å²) in [7, 11) is 3.22. The average molecular weight is 580 g/mol. The van der Waals surface area contributed by atoms with E-state index in [4.69, 9.17) is 14.2 Å². The molecule has 41 heavy (non-hydrogen) atoms. The van der Waals surface area contributed by atoms with Gasteiger partial charge in [-0.15, -0.1) is 11.3 Å². The van der Waals surface area contributed by atoms with Crippen molar-refractivity contribution in [2.24, 2.45) is 0 Å². The van der Waals surface area contributed by atoms with Crippen LogP contribution >= 0.6 is 11.3 Å². The molecule has 1 aromatic heterocycles. The molecule has 1 fully saturated rings. The molecule has 0 bridgehead atoms. The van der Waals surface area contributed by atoms with Gasteiger partial charge in [0, 0.05) is 35.1 Å². The lowest BCUT2D eigenvalue weighted by molar-refractivity contribution is -0.132. The lowest BCUT2D eigenvalue weighted by Crippen LogP contribution is -2.47. The maximum absolute atomic E-state index is 13.9. The van der Waals surface area contributed by atoms with Crippen LogP contribution in [0.5, 0.6) is 11.5 Å². The van der Waals surface area contributed by atoms with Crippen LogP contribution in [0.15, 0.2) is 48.5 Å². The highest BCUT2D eigenvalue weighted by Crippen LogP contribution is 2.28. The summed E-state index contributed by atoms with van der Waals surface area (Å²) in [6, 6.07) is 15.5. The van der Waals surface area contributed by atoms with Gasteiger partial charge in [-0.3, -0.25) is 4.79 Å². The summed E-state index contributed by atoms with van der Waals surface area (Å²) in [5.41, 5.74) is 3.99. The number of carbonyl (C=O) groups is 2. The average Bonchev–Trinajstić information content (AvgIpc) is 3.63. The number of urea groups is 1. The molecule has 1 N–H and O–H groups in total. The van der Waals surface area contributed by atoms with Crippen molar-refractivity contribution in [2.45, 2.75) is 52.7 Å². The van der Waals surface area contributed by atoms with Gasteiger partial charge in [0.1, 0.15) is 6.54 Å². The van der Waals surface area contributed by atoms with Crippen LogP contribution in [0.4, 0.5) is 10.5 Å². The van der Waals surface area contributed by atoms with Crippen molar-refractivity contribution in [3.05, 3.63) is 75.0 Å². The number of thiophene rings is 1. The quantitative estimate of drug-likeness (QED) is 0.286. The fraction of sp³-hybridized carbons (Fsp3) is 0.438. The number of ether oxygens (including phenoxy) is 3. The van der Waals surface area contributed by atoms with E-state index in [9.17, 15) is 9.59 Å². The van der Waals surface area contributed by atoms with Gasteiger partial charge in [0.15, 0.2) is 11.5 Å². The summed E-state index contributed by atoms with van der Waals surface area (Å²) >= 11 is 1.68. The third kappa shape index (κ3) is 8.47. The predicted molar refractivity (Wildman–Crippen MR) is 163 cm³/mol. The molecule has 3 amide bonds. The molecule has 2 aromatic carbocycles. The van der Waals surface area contributed by atoms with Crippen molar-refractivity contribution in [2.75, 3.05) is 45.8 Å². The number of amides is 3. The molecule has 1 aliphatic heterocycles.